The van der Waals surface area contributed by atoms with Crippen molar-refractivity contribution in [3.63, 3.8) is 0 Å². The minimum absolute atomic E-state index is 0.180. The first-order valence-electron chi connectivity index (χ1n) is 4.42. The molecule has 1 N–H and O–H groups in total. The van der Waals surface area contributed by atoms with Crippen LogP contribution in [0.25, 0.3) is 5.65 Å². The molecule has 4 nitrogen and oxygen atoms in total. The summed E-state index contributed by atoms with van der Waals surface area (Å²) in [7, 11) is 0. The van der Waals surface area contributed by atoms with Crippen LogP contribution in [0.3, 0.4) is 0 Å². The average molecular weight is 256 g/mol. The van der Waals surface area contributed by atoms with Gasteiger partial charge in [0.25, 0.3) is 0 Å². The first-order valence-corrected chi connectivity index (χ1v) is 5.21. The summed E-state index contributed by atoms with van der Waals surface area (Å²) in [4.78, 5) is 0. The van der Waals surface area contributed by atoms with E-state index in [1.165, 1.54) is 0 Å². The second-order valence-corrected chi connectivity index (χ2v) is 3.80. The van der Waals surface area contributed by atoms with Crippen LogP contribution in [0.2, 0.25) is 0 Å². The Bertz CT molecular complexity index is 441. The van der Waals surface area contributed by atoms with Crippen LogP contribution in [0.15, 0.2) is 22.8 Å². The summed E-state index contributed by atoms with van der Waals surface area (Å²) in [6.07, 6.45) is 1.45. The molecule has 0 unspecified atom stereocenters. The summed E-state index contributed by atoms with van der Waals surface area (Å²) in [6, 6.07) is 5.77. The molecule has 2 heterocycles. The van der Waals surface area contributed by atoms with E-state index in [1.54, 1.807) is 0 Å². The molecule has 0 amide bonds. The standard InChI is InChI=1S/C9H10BrN3O/c10-7-3-1-4-8-11-12-9(13(7)8)5-2-6-14/h1,3-4,14H,2,5-6H2. The molecule has 0 aromatic carbocycles. The van der Waals surface area contributed by atoms with Crippen molar-refractivity contribution < 1.29 is 5.11 Å². The fourth-order valence-corrected chi connectivity index (χ4v) is 1.90. The lowest BCUT2D eigenvalue weighted by molar-refractivity contribution is 0.287. The molecule has 0 aliphatic rings. The molecule has 0 atom stereocenters. The second kappa shape index (κ2) is 4.06. The number of halogens is 1. The van der Waals surface area contributed by atoms with Crippen LogP contribution in [-0.2, 0) is 6.42 Å². The van der Waals surface area contributed by atoms with Gasteiger partial charge in [0.15, 0.2) is 5.65 Å². The summed E-state index contributed by atoms with van der Waals surface area (Å²) in [5.41, 5.74) is 0.826. The average Bonchev–Trinajstić information content (AvgIpc) is 2.59. The molecule has 0 saturated heterocycles. The van der Waals surface area contributed by atoms with Gasteiger partial charge >= 0.3 is 0 Å². The SMILES string of the molecule is OCCCc1nnc2cccc(Br)n12. The highest BCUT2D eigenvalue weighted by atomic mass is 79.9. The fraction of sp³-hybridized carbons (Fsp3) is 0.333. The van der Waals surface area contributed by atoms with Crippen LogP contribution >= 0.6 is 15.9 Å². The topological polar surface area (TPSA) is 50.4 Å². The van der Waals surface area contributed by atoms with Gasteiger partial charge in [0.2, 0.25) is 0 Å². The summed E-state index contributed by atoms with van der Waals surface area (Å²) < 4.78 is 2.88. The Kier molecular flexibility index (Phi) is 2.79. The molecule has 0 saturated carbocycles. The molecular formula is C9H10BrN3O. The summed E-state index contributed by atoms with van der Waals surface area (Å²) in [5.74, 6) is 0.876. The Hall–Kier alpha value is -0.940. The Morgan fingerprint density at radius 3 is 3.00 bits per heavy atom. The van der Waals surface area contributed by atoms with E-state index in [9.17, 15) is 0 Å². The van der Waals surface area contributed by atoms with Gasteiger partial charge in [-0.15, -0.1) is 10.2 Å². The van der Waals surface area contributed by atoms with E-state index in [0.29, 0.717) is 6.42 Å². The predicted molar refractivity (Wildman–Crippen MR) is 56.1 cm³/mol. The number of aliphatic hydroxyl groups is 1. The maximum atomic E-state index is 8.74. The van der Waals surface area contributed by atoms with Gasteiger partial charge in [-0.05, 0) is 34.5 Å². The molecule has 0 spiro atoms. The Morgan fingerprint density at radius 2 is 2.21 bits per heavy atom. The Balaban J connectivity index is 2.45. The third-order valence-corrected chi connectivity index (χ3v) is 2.63. The van der Waals surface area contributed by atoms with Gasteiger partial charge in [-0.3, -0.25) is 4.40 Å². The number of rotatable bonds is 3. The number of fused-ring (bicyclic) bond motifs is 1. The van der Waals surface area contributed by atoms with E-state index in [-0.39, 0.29) is 6.61 Å². The number of pyridine rings is 1. The molecule has 5 heteroatoms. The van der Waals surface area contributed by atoms with Gasteiger partial charge in [-0.25, -0.2) is 0 Å². The van der Waals surface area contributed by atoms with Crippen LogP contribution in [0.1, 0.15) is 12.2 Å². The fourth-order valence-electron chi connectivity index (χ4n) is 1.36. The summed E-state index contributed by atoms with van der Waals surface area (Å²) >= 11 is 3.44. The van der Waals surface area contributed by atoms with Crippen molar-refractivity contribution in [1.29, 1.82) is 0 Å². The van der Waals surface area contributed by atoms with E-state index in [2.05, 4.69) is 26.1 Å². The molecule has 2 rings (SSSR count). The largest absolute Gasteiger partial charge is 0.396 e. The summed E-state index contributed by atoms with van der Waals surface area (Å²) in [5, 5.41) is 16.8. The van der Waals surface area contributed by atoms with Gasteiger partial charge in [0, 0.05) is 13.0 Å². The van der Waals surface area contributed by atoms with Crippen molar-refractivity contribution in [3.8, 4) is 0 Å². The zero-order valence-electron chi connectivity index (χ0n) is 7.52. The molecule has 74 valence electrons. The van der Waals surface area contributed by atoms with Crippen LogP contribution in [0.5, 0.6) is 0 Å². The van der Waals surface area contributed by atoms with E-state index >= 15 is 0 Å². The highest BCUT2D eigenvalue weighted by molar-refractivity contribution is 9.10. The monoisotopic (exact) mass is 255 g/mol. The van der Waals surface area contributed by atoms with E-state index in [4.69, 9.17) is 5.11 Å². The lowest BCUT2D eigenvalue weighted by Gasteiger charge is -2.00. The van der Waals surface area contributed by atoms with E-state index in [1.807, 2.05) is 22.6 Å². The van der Waals surface area contributed by atoms with Crippen molar-refractivity contribution >= 4 is 21.6 Å². The number of aryl methyl sites for hydroxylation is 1. The first kappa shape index (κ1) is 9.61. The van der Waals surface area contributed by atoms with Crippen LogP contribution < -0.4 is 0 Å². The van der Waals surface area contributed by atoms with E-state index < -0.39 is 0 Å². The third-order valence-electron chi connectivity index (χ3n) is 2.01. The minimum atomic E-state index is 0.180. The molecule has 2 aromatic heterocycles. The first-order chi connectivity index (χ1) is 6.83. The number of aromatic nitrogens is 3. The molecule has 0 bridgehead atoms. The maximum Gasteiger partial charge on any atom is 0.161 e. The molecule has 2 aromatic rings. The van der Waals surface area contributed by atoms with Crippen molar-refractivity contribution in [1.82, 2.24) is 14.6 Å². The number of aliphatic hydroxyl groups excluding tert-OH is 1. The van der Waals surface area contributed by atoms with Gasteiger partial charge in [0.05, 0.1) is 4.60 Å². The maximum absolute atomic E-state index is 8.74. The molecule has 0 aliphatic carbocycles. The van der Waals surface area contributed by atoms with Crippen LogP contribution in [-0.4, -0.2) is 26.3 Å². The predicted octanol–water partition coefficient (Wildman–Crippen LogP) is 1.42. The van der Waals surface area contributed by atoms with Crippen molar-refractivity contribution in [2.45, 2.75) is 12.8 Å². The van der Waals surface area contributed by atoms with Crippen LogP contribution in [0.4, 0.5) is 0 Å². The number of hydrogen-bond acceptors (Lipinski definition) is 3. The zero-order chi connectivity index (χ0) is 9.97. The lowest BCUT2D eigenvalue weighted by atomic mass is 10.3. The quantitative estimate of drug-likeness (QED) is 0.845. The van der Waals surface area contributed by atoms with Gasteiger partial charge in [-0.1, -0.05) is 6.07 Å². The summed E-state index contributed by atoms with van der Waals surface area (Å²) in [6.45, 7) is 0.180. The Labute approximate surface area is 89.7 Å². The van der Waals surface area contributed by atoms with Crippen molar-refractivity contribution in [3.05, 3.63) is 28.6 Å². The smallest absolute Gasteiger partial charge is 0.161 e. The number of nitrogens with zero attached hydrogens (tertiary/aromatic N) is 3. The highest BCUT2D eigenvalue weighted by Crippen LogP contribution is 2.14. The minimum Gasteiger partial charge on any atom is -0.396 e. The molecule has 14 heavy (non-hydrogen) atoms. The van der Waals surface area contributed by atoms with Crippen molar-refractivity contribution in [2.24, 2.45) is 0 Å². The van der Waals surface area contributed by atoms with Gasteiger partial charge in [0.1, 0.15) is 5.82 Å². The highest BCUT2D eigenvalue weighted by Gasteiger charge is 2.06. The van der Waals surface area contributed by atoms with Crippen LogP contribution in [0, 0.1) is 0 Å². The van der Waals surface area contributed by atoms with Gasteiger partial charge < -0.3 is 5.11 Å². The molecule has 0 fully saturated rings. The molecule has 0 radical (unpaired) electrons. The lowest BCUT2D eigenvalue weighted by Crippen LogP contribution is -1.97. The third kappa shape index (κ3) is 1.65. The molecule has 0 aliphatic heterocycles. The van der Waals surface area contributed by atoms with Crippen molar-refractivity contribution in [2.75, 3.05) is 6.61 Å². The normalized spacial score (nSPS) is 11.0. The zero-order valence-corrected chi connectivity index (χ0v) is 9.11. The Morgan fingerprint density at radius 1 is 1.36 bits per heavy atom. The van der Waals surface area contributed by atoms with E-state index in [0.717, 1.165) is 22.5 Å². The van der Waals surface area contributed by atoms with Gasteiger partial charge in [-0.2, -0.15) is 0 Å². The number of hydrogen-bond donors (Lipinski definition) is 1. The second-order valence-electron chi connectivity index (χ2n) is 2.99. The molecular weight excluding hydrogens is 246 g/mol.